The van der Waals surface area contributed by atoms with Gasteiger partial charge in [0.25, 0.3) is 5.91 Å². The molecule has 3 rings (SSSR count). The lowest BCUT2D eigenvalue weighted by molar-refractivity contribution is -0.141. The van der Waals surface area contributed by atoms with Crippen molar-refractivity contribution >= 4 is 5.91 Å². The average Bonchev–Trinajstić information content (AvgIpc) is 3.15. The van der Waals surface area contributed by atoms with Crippen LogP contribution in [0.1, 0.15) is 46.3 Å². The molecular formula is C15H16F3N3O2. The quantitative estimate of drug-likeness (QED) is 0.920. The van der Waals surface area contributed by atoms with Crippen molar-refractivity contribution in [1.82, 2.24) is 15.1 Å². The SMILES string of the molecule is Cc1ccoc1C(=O)N1CCCC(c2cc(C(F)(F)F)n[nH]2)C1. The first kappa shape index (κ1) is 15.6. The van der Waals surface area contributed by atoms with Crippen molar-refractivity contribution in [2.75, 3.05) is 13.1 Å². The Labute approximate surface area is 130 Å². The molecule has 1 fully saturated rings. The monoisotopic (exact) mass is 327 g/mol. The number of furan rings is 1. The molecule has 0 aliphatic carbocycles. The number of halogens is 3. The second kappa shape index (κ2) is 5.75. The maximum absolute atomic E-state index is 12.6. The predicted octanol–water partition coefficient (Wildman–Crippen LogP) is 3.35. The summed E-state index contributed by atoms with van der Waals surface area (Å²) in [7, 11) is 0. The molecule has 8 heteroatoms. The average molecular weight is 327 g/mol. The Morgan fingerprint density at radius 1 is 1.48 bits per heavy atom. The molecule has 3 heterocycles. The topological polar surface area (TPSA) is 62.1 Å². The number of nitrogens with zero attached hydrogens (tertiary/aromatic N) is 2. The number of amides is 1. The van der Waals surface area contributed by atoms with E-state index < -0.39 is 11.9 Å². The van der Waals surface area contributed by atoms with Gasteiger partial charge >= 0.3 is 6.18 Å². The lowest BCUT2D eigenvalue weighted by atomic mass is 9.94. The van der Waals surface area contributed by atoms with Gasteiger partial charge in [-0.2, -0.15) is 18.3 Å². The molecule has 1 N–H and O–H groups in total. The minimum Gasteiger partial charge on any atom is -0.459 e. The molecular weight excluding hydrogens is 311 g/mol. The second-order valence-corrected chi connectivity index (χ2v) is 5.73. The Morgan fingerprint density at radius 2 is 2.26 bits per heavy atom. The van der Waals surface area contributed by atoms with Gasteiger partial charge in [-0.3, -0.25) is 9.89 Å². The standard InChI is InChI=1S/C15H16F3N3O2/c1-9-4-6-23-13(9)14(22)21-5-2-3-10(8-21)11-7-12(20-19-11)15(16,17)18/h4,6-7,10H,2-3,5,8H2,1H3,(H,19,20). The van der Waals surface area contributed by atoms with Crippen LogP contribution in [0.3, 0.4) is 0 Å². The molecule has 0 spiro atoms. The zero-order chi connectivity index (χ0) is 16.6. The van der Waals surface area contributed by atoms with Crippen LogP contribution in [0, 0.1) is 6.92 Å². The minimum atomic E-state index is -4.47. The summed E-state index contributed by atoms with van der Waals surface area (Å²) in [6.45, 7) is 2.69. The van der Waals surface area contributed by atoms with Crippen LogP contribution in [-0.2, 0) is 6.18 Å². The second-order valence-electron chi connectivity index (χ2n) is 5.73. The summed E-state index contributed by atoms with van der Waals surface area (Å²) in [6.07, 6.45) is -1.59. The van der Waals surface area contributed by atoms with Gasteiger partial charge in [-0.1, -0.05) is 0 Å². The summed E-state index contributed by atoms with van der Waals surface area (Å²) >= 11 is 0. The normalized spacial score (nSPS) is 19.1. The van der Waals surface area contributed by atoms with Crippen LogP contribution in [0.5, 0.6) is 0 Å². The Balaban J connectivity index is 1.75. The highest BCUT2D eigenvalue weighted by molar-refractivity contribution is 5.92. The molecule has 23 heavy (non-hydrogen) atoms. The molecule has 124 valence electrons. The molecule has 0 bridgehead atoms. The van der Waals surface area contributed by atoms with Crippen molar-refractivity contribution in [1.29, 1.82) is 0 Å². The zero-order valence-corrected chi connectivity index (χ0v) is 12.5. The number of carbonyl (C=O) groups excluding carboxylic acids is 1. The molecule has 2 aromatic heterocycles. The van der Waals surface area contributed by atoms with Gasteiger partial charge in [0.1, 0.15) is 0 Å². The van der Waals surface area contributed by atoms with Crippen molar-refractivity contribution in [3.8, 4) is 0 Å². The number of alkyl halides is 3. The van der Waals surface area contributed by atoms with E-state index in [9.17, 15) is 18.0 Å². The van der Waals surface area contributed by atoms with Gasteiger partial charge in [0.05, 0.1) is 6.26 Å². The number of nitrogens with one attached hydrogen (secondary N) is 1. The molecule has 1 saturated heterocycles. The van der Waals surface area contributed by atoms with Gasteiger partial charge in [-0.05, 0) is 31.9 Å². The number of aromatic nitrogens is 2. The predicted molar refractivity (Wildman–Crippen MR) is 74.9 cm³/mol. The summed E-state index contributed by atoms with van der Waals surface area (Å²) in [4.78, 5) is 14.1. The minimum absolute atomic E-state index is 0.188. The molecule has 1 unspecified atom stereocenters. The third-order valence-corrected chi connectivity index (χ3v) is 4.09. The highest BCUT2D eigenvalue weighted by Gasteiger charge is 2.35. The summed E-state index contributed by atoms with van der Waals surface area (Å²) in [5.41, 5.74) is 0.224. The Bertz CT molecular complexity index is 705. The van der Waals surface area contributed by atoms with Crippen molar-refractivity contribution in [2.45, 2.75) is 31.9 Å². The van der Waals surface area contributed by atoms with E-state index in [1.165, 1.54) is 6.26 Å². The number of likely N-dealkylation sites (tertiary alicyclic amines) is 1. The van der Waals surface area contributed by atoms with E-state index in [0.717, 1.165) is 18.1 Å². The molecule has 1 amide bonds. The van der Waals surface area contributed by atoms with Crippen LogP contribution in [0.15, 0.2) is 22.8 Å². The van der Waals surface area contributed by atoms with E-state index in [0.29, 0.717) is 25.2 Å². The lowest BCUT2D eigenvalue weighted by Gasteiger charge is -2.31. The fourth-order valence-corrected chi connectivity index (χ4v) is 2.84. The molecule has 0 saturated carbocycles. The molecule has 0 aromatic carbocycles. The van der Waals surface area contributed by atoms with Crippen molar-refractivity contribution in [3.05, 3.63) is 41.1 Å². The Hall–Kier alpha value is -2.25. The van der Waals surface area contributed by atoms with E-state index in [4.69, 9.17) is 4.42 Å². The summed E-state index contributed by atoms with van der Waals surface area (Å²) in [5.74, 6) is -0.134. The first-order chi connectivity index (χ1) is 10.9. The van der Waals surface area contributed by atoms with E-state index in [-0.39, 0.29) is 17.6 Å². The van der Waals surface area contributed by atoms with Crippen LogP contribution >= 0.6 is 0 Å². The highest BCUT2D eigenvalue weighted by Crippen LogP contribution is 2.32. The molecule has 5 nitrogen and oxygen atoms in total. The number of hydrogen-bond acceptors (Lipinski definition) is 3. The highest BCUT2D eigenvalue weighted by atomic mass is 19.4. The van der Waals surface area contributed by atoms with E-state index in [1.807, 2.05) is 0 Å². The van der Waals surface area contributed by atoms with Crippen LogP contribution in [-0.4, -0.2) is 34.1 Å². The van der Waals surface area contributed by atoms with Gasteiger partial charge in [-0.15, -0.1) is 0 Å². The maximum Gasteiger partial charge on any atom is 0.435 e. The maximum atomic E-state index is 12.6. The Morgan fingerprint density at radius 3 is 2.87 bits per heavy atom. The largest absolute Gasteiger partial charge is 0.459 e. The lowest BCUT2D eigenvalue weighted by Crippen LogP contribution is -2.39. The van der Waals surface area contributed by atoms with Gasteiger partial charge in [0.2, 0.25) is 0 Å². The first-order valence-electron chi connectivity index (χ1n) is 7.32. The molecule has 0 radical (unpaired) electrons. The Kier molecular flexibility index (Phi) is 3.91. The van der Waals surface area contributed by atoms with Gasteiger partial charge in [0, 0.05) is 30.3 Å². The number of H-pyrrole nitrogens is 1. The summed E-state index contributed by atoms with van der Waals surface area (Å²) in [6, 6.07) is 2.73. The zero-order valence-electron chi connectivity index (χ0n) is 12.5. The number of aryl methyl sites for hydroxylation is 1. The molecule has 1 aliphatic heterocycles. The summed E-state index contributed by atoms with van der Waals surface area (Å²) in [5, 5.41) is 5.78. The summed E-state index contributed by atoms with van der Waals surface area (Å²) < 4.78 is 43.1. The number of hydrogen-bond donors (Lipinski definition) is 1. The fraction of sp³-hybridized carbons (Fsp3) is 0.467. The molecule has 1 aliphatic rings. The third-order valence-electron chi connectivity index (χ3n) is 4.09. The fourth-order valence-electron chi connectivity index (χ4n) is 2.84. The van der Waals surface area contributed by atoms with Crippen molar-refractivity contribution in [2.24, 2.45) is 0 Å². The van der Waals surface area contributed by atoms with E-state index in [1.54, 1.807) is 17.9 Å². The van der Waals surface area contributed by atoms with Crippen LogP contribution in [0.2, 0.25) is 0 Å². The van der Waals surface area contributed by atoms with Gasteiger partial charge in [0.15, 0.2) is 11.5 Å². The van der Waals surface area contributed by atoms with E-state index >= 15 is 0 Å². The number of carbonyl (C=O) groups is 1. The van der Waals surface area contributed by atoms with Crippen molar-refractivity contribution < 1.29 is 22.4 Å². The van der Waals surface area contributed by atoms with Gasteiger partial charge in [-0.25, -0.2) is 0 Å². The van der Waals surface area contributed by atoms with Crippen LogP contribution in [0.25, 0.3) is 0 Å². The number of aromatic amines is 1. The molecule has 2 aromatic rings. The smallest absolute Gasteiger partial charge is 0.435 e. The number of rotatable bonds is 2. The first-order valence-corrected chi connectivity index (χ1v) is 7.32. The molecule has 1 atom stereocenters. The van der Waals surface area contributed by atoms with Crippen molar-refractivity contribution in [3.63, 3.8) is 0 Å². The third kappa shape index (κ3) is 3.11. The van der Waals surface area contributed by atoms with Crippen LogP contribution in [0.4, 0.5) is 13.2 Å². The van der Waals surface area contributed by atoms with Gasteiger partial charge < -0.3 is 9.32 Å². The van der Waals surface area contributed by atoms with E-state index in [2.05, 4.69) is 10.2 Å². The number of piperidine rings is 1. The van der Waals surface area contributed by atoms with Crippen LogP contribution < -0.4 is 0 Å².